The molecule has 0 aliphatic rings. The minimum Gasteiger partial charge on any atom is -0.500 e. The van der Waals surface area contributed by atoms with Gasteiger partial charge in [-0.25, -0.2) is 4.79 Å². The number of rotatable bonds is 5. The third-order valence-corrected chi connectivity index (χ3v) is 1.00. The number of carbonyl (C=O) groups is 1. The van der Waals surface area contributed by atoms with Gasteiger partial charge in [-0.2, -0.15) is 0 Å². The third-order valence-electron chi connectivity index (χ3n) is 1.00. The molecule has 0 heterocycles. The molecule has 0 aromatic rings. The molecule has 0 radical (unpaired) electrons. The zero-order chi connectivity index (χ0) is 9.40. The lowest BCUT2D eigenvalue weighted by Crippen LogP contribution is -2.10. The van der Waals surface area contributed by atoms with Gasteiger partial charge in [0.25, 0.3) is 0 Å². The van der Waals surface area contributed by atoms with Crippen molar-refractivity contribution in [2.24, 2.45) is 0 Å². The van der Waals surface area contributed by atoms with Crippen LogP contribution in [-0.2, 0) is 19.0 Å². The molecule has 0 amide bonds. The molecule has 4 nitrogen and oxygen atoms in total. The van der Waals surface area contributed by atoms with Gasteiger partial charge < -0.3 is 14.2 Å². The highest BCUT2D eigenvalue weighted by atomic mass is 16.6. The van der Waals surface area contributed by atoms with E-state index in [1.54, 1.807) is 13.8 Å². The molecule has 0 unspecified atom stereocenters. The molecule has 0 aliphatic heterocycles. The maximum atomic E-state index is 11.0. The Bertz CT molecular complexity index is 162. The van der Waals surface area contributed by atoms with E-state index in [0.717, 1.165) is 0 Å². The molecule has 0 aromatic heterocycles. The lowest BCUT2D eigenvalue weighted by molar-refractivity contribution is -0.142. The minimum atomic E-state index is -0.499. The van der Waals surface area contributed by atoms with Gasteiger partial charge in [0.1, 0.15) is 6.26 Å². The molecule has 4 heteroatoms. The molecular formula is C8H14O4. The summed E-state index contributed by atoms with van der Waals surface area (Å²) in [5.74, 6) is -0.400. The van der Waals surface area contributed by atoms with Gasteiger partial charge >= 0.3 is 5.97 Å². The topological polar surface area (TPSA) is 44.8 Å². The third kappa shape index (κ3) is 3.85. The van der Waals surface area contributed by atoms with Gasteiger partial charge in [-0.1, -0.05) is 0 Å². The Balaban J connectivity index is 4.09. The van der Waals surface area contributed by atoms with Crippen LogP contribution in [0.25, 0.3) is 0 Å². The van der Waals surface area contributed by atoms with Crippen LogP contribution in [0.3, 0.4) is 0 Å². The summed E-state index contributed by atoms with van der Waals surface area (Å²) in [5, 5.41) is 0. The van der Waals surface area contributed by atoms with Crippen molar-refractivity contribution in [3.05, 3.63) is 12.0 Å². The van der Waals surface area contributed by atoms with Crippen LogP contribution in [-0.4, -0.2) is 26.3 Å². The molecule has 0 aromatic carbocycles. The van der Waals surface area contributed by atoms with Crippen LogP contribution in [0.1, 0.15) is 13.8 Å². The molecule has 0 rings (SSSR count). The van der Waals surface area contributed by atoms with Crippen LogP contribution in [0.5, 0.6) is 0 Å². The summed E-state index contributed by atoms with van der Waals surface area (Å²) in [6.07, 6.45) is 1.22. The largest absolute Gasteiger partial charge is 0.500 e. The number of methoxy groups -OCH3 is 1. The van der Waals surface area contributed by atoms with Crippen LogP contribution in [0.2, 0.25) is 0 Å². The fourth-order valence-electron chi connectivity index (χ4n) is 0.606. The average Bonchev–Trinajstić information content (AvgIpc) is 2.04. The maximum absolute atomic E-state index is 11.0. The van der Waals surface area contributed by atoms with E-state index >= 15 is 0 Å². The van der Waals surface area contributed by atoms with E-state index in [4.69, 9.17) is 9.47 Å². The van der Waals surface area contributed by atoms with E-state index in [9.17, 15) is 4.79 Å². The molecule has 0 bridgehead atoms. The smallest absolute Gasteiger partial charge is 0.376 e. The molecule has 12 heavy (non-hydrogen) atoms. The van der Waals surface area contributed by atoms with Crippen molar-refractivity contribution >= 4 is 5.97 Å². The normalized spacial score (nSPS) is 10.8. The second-order valence-corrected chi connectivity index (χ2v) is 1.87. The predicted molar refractivity (Wildman–Crippen MR) is 43.4 cm³/mol. The van der Waals surface area contributed by atoms with Crippen molar-refractivity contribution in [1.82, 2.24) is 0 Å². The Morgan fingerprint density at radius 3 is 2.25 bits per heavy atom. The van der Waals surface area contributed by atoms with Crippen molar-refractivity contribution in [2.45, 2.75) is 13.8 Å². The second-order valence-electron chi connectivity index (χ2n) is 1.87. The first-order valence-electron chi connectivity index (χ1n) is 3.79. The van der Waals surface area contributed by atoms with Gasteiger partial charge in [-0.3, -0.25) is 0 Å². The highest BCUT2D eigenvalue weighted by molar-refractivity contribution is 5.85. The number of hydrogen-bond donors (Lipinski definition) is 0. The standard InChI is InChI=1S/C8H14O4/c1-4-11-7(6-10-3)8(9)12-5-2/h6H,4-5H2,1-3H3. The summed E-state index contributed by atoms with van der Waals surface area (Å²) >= 11 is 0. The first-order chi connectivity index (χ1) is 5.76. The molecule has 70 valence electrons. The number of hydrogen-bond acceptors (Lipinski definition) is 4. The van der Waals surface area contributed by atoms with Gasteiger partial charge in [-0.15, -0.1) is 0 Å². The summed E-state index contributed by atoms with van der Waals surface area (Å²) in [6.45, 7) is 4.25. The van der Waals surface area contributed by atoms with E-state index in [1.807, 2.05) is 0 Å². The quantitative estimate of drug-likeness (QED) is 0.355. The molecule has 0 fully saturated rings. The Morgan fingerprint density at radius 2 is 1.83 bits per heavy atom. The van der Waals surface area contributed by atoms with E-state index in [0.29, 0.717) is 13.2 Å². The summed E-state index contributed by atoms with van der Waals surface area (Å²) in [6, 6.07) is 0. The highest BCUT2D eigenvalue weighted by Crippen LogP contribution is 2.00. The molecule has 0 saturated heterocycles. The van der Waals surface area contributed by atoms with Crippen LogP contribution >= 0.6 is 0 Å². The minimum absolute atomic E-state index is 0.0989. The Labute approximate surface area is 72.1 Å². The average molecular weight is 174 g/mol. The molecule has 0 saturated carbocycles. The van der Waals surface area contributed by atoms with Crippen LogP contribution in [0.15, 0.2) is 12.0 Å². The van der Waals surface area contributed by atoms with Crippen molar-refractivity contribution in [3.63, 3.8) is 0 Å². The van der Waals surface area contributed by atoms with E-state index in [2.05, 4.69) is 4.74 Å². The van der Waals surface area contributed by atoms with E-state index in [-0.39, 0.29) is 5.76 Å². The second kappa shape index (κ2) is 6.52. The Morgan fingerprint density at radius 1 is 1.25 bits per heavy atom. The first-order valence-corrected chi connectivity index (χ1v) is 3.79. The van der Waals surface area contributed by atoms with E-state index in [1.165, 1.54) is 13.4 Å². The van der Waals surface area contributed by atoms with Gasteiger partial charge in [0.2, 0.25) is 5.76 Å². The molecule has 0 N–H and O–H groups in total. The van der Waals surface area contributed by atoms with E-state index < -0.39 is 5.97 Å². The van der Waals surface area contributed by atoms with Gasteiger partial charge in [0.05, 0.1) is 20.3 Å². The molecule has 0 atom stereocenters. The fraction of sp³-hybridized carbons (Fsp3) is 0.625. The number of esters is 1. The lowest BCUT2D eigenvalue weighted by atomic mass is 10.5. The predicted octanol–water partition coefficient (Wildman–Crippen LogP) is 1.07. The lowest BCUT2D eigenvalue weighted by Gasteiger charge is -2.06. The number of ether oxygens (including phenoxy) is 3. The molecule has 0 spiro atoms. The first kappa shape index (κ1) is 10.8. The van der Waals surface area contributed by atoms with Crippen LogP contribution in [0.4, 0.5) is 0 Å². The highest BCUT2D eigenvalue weighted by Gasteiger charge is 2.11. The monoisotopic (exact) mass is 174 g/mol. The van der Waals surface area contributed by atoms with Crippen LogP contribution < -0.4 is 0 Å². The zero-order valence-electron chi connectivity index (χ0n) is 7.62. The summed E-state index contributed by atoms with van der Waals surface area (Å²) in [7, 11) is 1.44. The summed E-state index contributed by atoms with van der Waals surface area (Å²) in [5.41, 5.74) is 0. The SMILES string of the molecule is CCOC(=O)C(=COC)OCC. The zero-order valence-corrected chi connectivity index (χ0v) is 7.62. The van der Waals surface area contributed by atoms with Crippen molar-refractivity contribution < 1.29 is 19.0 Å². The molecule has 0 aliphatic carbocycles. The summed E-state index contributed by atoms with van der Waals surface area (Å²) in [4.78, 5) is 11.0. The maximum Gasteiger partial charge on any atom is 0.376 e. The van der Waals surface area contributed by atoms with Gasteiger partial charge in [0, 0.05) is 0 Å². The van der Waals surface area contributed by atoms with Crippen molar-refractivity contribution in [3.8, 4) is 0 Å². The fourth-order valence-corrected chi connectivity index (χ4v) is 0.606. The van der Waals surface area contributed by atoms with Crippen molar-refractivity contribution in [1.29, 1.82) is 0 Å². The molecular weight excluding hydrogens is 160 g/mol. The van der Waals surface area contributed by atoms with Gasteiger partial charge in [0.15, 0.2) is 0 Å². The Hall–Kier alpha value is -1.19. The number of carbonyl (C=O) groups excluding carboxylic acids is 1. The van der Waals surface area contributed by atoms with Crippen molar-refractivity contribution in [2.75, 3.05) is 20.3 Å². The summed E-state index contributed by atoms with van der Waals surface area (Å²) < 4.78 is 14.3. The van der Waals surface area contributed by atoms with Crippen LogP contribution in [0, 0.1) is 0 Å². The Kier molecular flexibility index (Phi) is 5.87. The van der Waals surface area contributed by atoms with Gasteiger partial charge in [-0.05, 0) is 13.8 Å².